The number of rotatable bonds is 6. The molecule has 0 spiro atoms. The zero-order chi connectivity index (χ0) is 16.8. The van der Waals surface area contributed by atoms with Crippen LogP contribution in [0.4, 0.5) is 5.69 Å². The summed E-state index contributed by atoms with van der Waals surface area (Å²) in [7, 11) is 0. The number of carbonyl (C=O) groups is 2. The molecule has 0 atom stereocenters. The third-order valence-electron chi connectivity index (χ3n) is 2.84. The molecule has 2 rings (SSSR count). The summed E-state index contributed by atoms with van der Waals surface area (Å²) in [6.45, 7) is 4.22. The SMILES string of the molecule is CCOC(=O)c1ccc(NC(=O)c2ccc(Br)o2)c(OCC)c1. The molecule has 1 amide bonds. The van der Waals surface area contributed by atoms with Gasteiger partial charge in [-0.3, -0.25) is 4.79 Å². The molecular formula is C16H16BrNO5. The molecule has 0 bridgehead atoms. The molecule has 0 aliphatic heterocycles. The third kappa shape index (κ3) is 4.35. The first-order valence-electron chi connectivity index (χ1n) is 7.05. The number of ether oxygens (including phenoxy) is 2. The van der Waals surface area contributed by atoms with Crippen LogP contribution in [0.5, 0.6) is 5.75 Å². The van der Waals surface area contributed by atoms with Crippen LogP contribution in [0.1, 0.15) is 34.8 Å². The van der Waals surface area contributed by atoms with Crippen LogP contribution in [0.15, 0.2) is 39.4 Å². The van der Waals surface area contributed by atoms with Gasteiger partial charge in [-0.1, -0.05) is 0 Å². The monoisotopic (exact) mass is 381 g/mol. The normalized spacial score (nSPS) is 10.2. The highest BCUT2D eigenvalue weighted by Gasteiger charge is 2.16. The van der Waals surface area contributed by atoms with Gasteiger partial charge in [-0.15, -0.1) is 0 Å². The molecule has 6 nitrogen and oxygen atoms in total. The average Bonchev–Trinajstić information content (AvgIpc) is 2.96. The molecule has 1 aromatic carbocycles. The fraction of sp³-hybridized carbons (Fsp3) is 0.250. The van der Waals surface area contributed by atoms with E-state index in [9.17, 15) is 9.59 Å². The van der Waals surface area contributed by atoms with Gasteiger partial charge in [0.1, 0.15) is 5.75 Å². The van der Waals surface area contributed by atoms with Crippen LogP contribution in [0.3, 0.4) is 0 Å². The number of carbonyl (C=O) groups excluding carboxylic acids is 2. The first-order valence-corrected chi connectivity index (χ1v) is 7.85. The number of amides is 1. The second-order valence-corrected chi connectivity index (χ2v) is 5.20. The molecule has 2 aromatic rings. The molecule has 1 aromatic heterocycles. The molecule has 0 unspecified atom stereocenters. The first-order chi connectivity index (χ1) is 11.0. The Morgan fingerprint density at radius 1 is 1.17 bits per heavy atom. The van der Waals surface area contributed by atoms with Gasteiger partial charge in [0.2, 0.25) is 0 Å². The smallest absolute Gasteiger partial charge is 0.338 e. The molecule has 0 saturated carbocycles. The van der Waals surface area contributed by atoms with Gasteiger partial charge in [-0.25, -0.2) is 4.79 Å². The zero-order valence-electron chi connectivity index (χ0n) is 12.7. The van der Waals surface area contributed by atoms with Gasteiger partial charge in [0.25, 0.3) is 5.91 Å². The third-order valence-corrected chi connectivity index (χ3v) is 3.26. The van der Waals surface area contributed by atoms with E-state index in [0.717, 1.165) is 0 Å². The molecule has 0 fully saturated rings. The summed E-state index contributed by atoms with van der Waals surface area (Å²) in [5.41, 5.74) is 0.798. The van der Waals surface area contributed by atoms with E-state index in [1.807, 2.05) is 6.92 Å². The summed E-state index contributed by atoms with van der Waals surface area (Å²) in [6, 6.07) is 7.87. The van der Waals surface area contributed by atoms with Crippen molar-refractivity contribution in [2.24, 2.45) is 0 Å². The van der Waals surface area contributed by atoms with Gasteiger partial charge in [0, 0.05) is 0 Å². The molecular weight excluding hydrogens is 366 g/mol. The molecule has 23 heavy (non-hydrogen) atoms. The number of anilines is 1. The van der Waals surface area contributed by atoms with E-state index in [1.54, 1.807) is 31.2 Å². The number of esters is 1. The quantitative estimate of drug-likeness (QED) is 0.768. The van der Waals surface area contributed by atoms with Crippen molar-refractivity contribution in [3.05, 3.63) is 46.3 Å². The summed E-state index contributed by atoms with van der Waals surface area (Å²) in [4.78, 5) is 23.9. The Hall–Kier alpha value is -2.28. The highest BCUT2D eigenvalue weighted by Crippen LogP contribution is 2.27. The van der Waals surface area contributed by atoms with Gasteiger partial charge in [0.15, 0.2) is 10.4 Å². The Bertz CT molecular complexity index is 710. The molecule has 7 heteroatoms. The highest BCUT2D eigenvalue weighted by atomic mass is 79.9. The van der Waals surface area contributed by atoms with Gasteiger partial charge >= 0.3 is 5.97 Å². The molecule has 1 N–H and O–H groups in total. The van der Waals surface area contributed by atoms with Crippen LogP contribution in [-0.2, 0) is 4.74 Å². The maximum absolute atomic E-state index is 12.1. The second-order valence-electron chi connectivity index (χ2n) is 4.42. The minimum absolute atomic E-state index is 0.161. The van der Waals surface area contributed by atoms with E-state index >= 15 is 0 Å². The second kappa shape index (κ2) is 7.82. The highest BCUT2D eigenvalue weighted by molar-refractivity contribution is 9.10. The molecule has 0 saturated heterocycles. The largest absolute Gasteiger partial charge is 0.492 e. The summed E-state index contributed by atoms with van der Waals surface area (Å²) < 4.78 is 16.1. The van der Waals surface area contributed by atoms with Crippen LogP contribution in [0.25, 0.3) is 0 Å². The van der Waals surface area contributed by atoms with Crippen molar-refractivity contribution in [2.45, 2.75) is 13.8 Å². The van der Waals surface area contributed by atoms with E-state index in [-0.39, 0.29) is 12.4 Å². The maximum Gasteiger partial charge on any atom is 0.338 e. The average molecular weight is 382 g/mol. The van der Waals surface area contributed by atoms with Crippen molar-refractivity contribution in [1.82, 2.24) is 0 Å². The van der Waals surface area contributed by atoms with Crippen LogP contribution < -0.4 is 10.1 Å². The molecule has 0 aliphatic carbocycles. The summed E-state index contributed by atoms with van der Waals surface area (Å²) in [5.74, 6) is -0.312. The summed E-state index contributed by atoms with van der Waals surface area (Å²) >= 11 is 3.14. The van der Waals surface area contributed by atoms with Crippen LogP contribution in [0, 0.1) is 0 Å². The van der Waals surface area contributed by atoms with E-state index in [4.69, 9.17) is 13.9 Å². The zero-order valence-corrected chi connectivity index (χ0v) is 14.3. The van der Waals surface area contributed by atoms with Crippen LogP contribution in [-0.4, -0.2) is 25.1 Å². The lowest BCUT2D eigenvalue weighted by molar-refractivity contribution is 0.0526. The van der Waals surface area contributed by atoms with E-state index in [1.165, 1.54) is 6.07 Å². The Balaban J connectivity index is 2.23. The molecule has 0 aliphatic rings. The Morgan fingerprint density at radius 3 is 2.57 bits per heavy atom. The van der Waals surface area contributed by atoms with E-state index < -0.39 is 11.9 Å². The van der Waals surface area contributed by atoms with Gasteiger partial charge in [0.05, 0.1) is 24.5 Å². The topological polar surface area (TPSA) is 77.8 Å². The Morgan fingerprint density at radius 2 is 1.96 bits per heavy atom. The maximum atomic E-state index is 12.1. The lowest BCUT2D eigenvalue weighted by atomic mass is 10.2. The Labute approximate surface area is 141 Å². The lowest BCUT2D eigenvalue weighted by Gasteiger charge is -2.12. The van der Waals surface area contributed by atoms with E-state index in [2.05, 4.69) is 21.2 Å². The van der Waals surface area contributed by atoms with Crippen molar-refractivity contribution in [1.29, 1.82) is 0 Å². The van der Waals surface area contributed by atoms with Crippen molar-refractivity contribution in [3.8, 4) is 5.75 Å². The minimum Gasteiger partial charge on any atom is -0.492 e. The first kappa shape index (κ1) is 17.1. The van der Waals surface area contributed by atoms with E-state index in [0.29, 0.717) is 28.3 Å². The van der Waals surface area contributed by atoms with Gasteiger partial charge < -0.3 is 19.2 Å². The van der Waals surface area contributed by atoms with Crippen molar-refractivity contribution >= 4 is 33.5 Å². The van der Waals surface area contributed by atoms with Gasteiger partial charge in [-0.05, 0) is 60.1 Å². The number of halogens is 1. The predicted octanol–water partition coefficient (Wildman–Crippen LogP) is 3.87. The van der Waals surface area contributed by atoms with Gasteiger partial charge in [-0.2, -0.15) is 0 Å². The van der Waals surface area contributed by atoms with Crippen LogP contribution >= 0.6 is 15.9 Å². The number of benzene rings is 1. The number of nitrogens with one attached hydrogen (secondary N) is 1. The molecule has 0 radical (unpaired) electrons. The fourth-order valence-electron chi connectivity index (χ4n) is 1.86. The predicted molar refractivity (Wildman–Crippen MR) is 87.9 cm³/mol. The number of furan rings is 1. The van der Waals surface area contributed by atoms with Crippen molar-refractivity contribution in [3.63, 3.8) is 0 Å². The number of hydrogen-bond donors (Lipinski definition) is 1. The van der Waals surface area contributed by atoms with Crippen molar-refractivity contribution < 1.29 is 23.5 Å². The standard InChI is InChI=1S/C16H16BrNO5/c1-3-21-13-9-10(16(20)22-4-2)5-6-11(13)18-15(19)12-7-8-14(17)23-12/h5-9H,3-4H2,1-2H3,(H,18,19). The molecule has 122 valence electrons. The summed E-state index contributed by atoms with van der Waals surface area (Å²) in [6.07, 6.45) is 0. The molecule has 1 heterocycles. The van der Waals surface area contributed by atoms with Crippen LogP contribution in [0.2, 0.25) is 0 Å². The fourth-order valence-corrected chi connectivity index (χ4v) is 2.17. The Kier molecular flexibility index (Phi) is 5.81. The van der Waals surface area contributed by atoms with Crippen molar-refractivity contribution in [2.75, 3.05) is 18.5 Å². The minimum atomic E-state index is -0.443. The summed E-state index contributed by atoms with van der Waals surface area (Å²) in [5, 5.41) is 2.69. The number of hydrogen-bond acceptors (Lipinski definition) is 5. The lowest BCUT2D eigenvalue weighted by Crippen LogP contribution is -2.13.